The molecule has 3 unspecified atom stereocenters. The number of Topliss-reactive ketones (excluding diaryl/α,β-unsaturated/α-hetero) is 2. The van der Waals surface area contributed by atoms with E-state index in [-0.39, 0.29) is 35.7 Å². The van der Waals surface area contributed by atoms with Crippen LogP contribution in [-0.2, 0) is 14.3 Å². The second kappa shape index (κ2) is 6.39. The van der Waals surface area contributed by atoms with E-state index in [4.69, 9.17) is 4.74 Å². The van der Waals surface area contributed by atoms with Gasteiger partial charge in [-0.1, -0.05) is 0 Å². The summed E-state index contributed by atoms with van der Waals surface area (Å²) in [5, 5.41) is 0. The zero-order chi connectivity index (χ0) is 16.5. The summed E-state index contributed by atoms with van der Waals surface area (Å²) in [6.07, 6.45) is 4.07. The van der Waals surface area contributed by atoms with Gasteiger partial charge in [0.05, 0.1) is 0 Å². The second-order valence-corrected chi connectivity index (χ2v) is 7.52. The van der Waals surface area contributed by atoms with E-state index in [0.717, 1.165) is 25.7 Å². The lowest BCUT2D eigenvalue weighted by Crippen LogP contribution is -2.55. The fraction of sp³-hybridized carbons (Fsp3) is 0.824. The predicted octanol–water partition coefficient (Wildman–Crippen LogP) is 3.10. The van der Waals surface area contributed by atoms with E-state index in [1.54, 1.807) is 4.90 Å². The van der Waals surface area contributed by atoms with Crippen molar-refractivity contribution in [1.82, 2.24) is 4.90 Å². The number of ether oxygens (including phenoxy) is 1. The number of likely N-dealkylation sites (tertiary alicyclic amines) is 1. The number of nitrogens with zero attached hydrogens (tertiary/aromatic N) is 1. The first-order valence-corrected chi connectivity index (χ1v) is 8.29. The first-order chi connectivity index (χ1) is 10.2. The van der Waals surface area contributed by atoms with Crippen LogP contribution in [0.25, 0.3) is 0 Å². The molecule has 1 saturated heterocycles. The highest BCUT2D eigenvalue weighted by Gasteiger charge is 2.43. The number of hydrogen-bond donors (Lipinski definition) is 0. The monoisotopic (exact) mass is 309 g/mol. The van der Waals surface area contributed by atoms with Gasteiger partial charge in [0.1, 0.15) is 5.60 Å². The molecule has 1 aliphatic heterocycles. The van der Waals surface area contributed by atoms with E-state index in [1.807, 2.05) is 27.7 Å². The van der Waals surface area contributed by atoms with Gasteiger partial charge >= 0.3 is 6.09 Å². The Kier molecular flexibility index (Phi) is 4.93. The van der Waals surface area contributed by atoms with E-state index < -0.39 is 5.60 Å². The summed E-state index contributed by atoms with van der Waals surface area (Å²) in [6.45, 7) is 7.50. The van der Waals surface area contributed by atoms with Crippen molar-refractivity contribution in [3.8, 4) is 0 Å². The van der Waals surface area contributed by atoms with Crippen molar-refractivity contribution in [2.24, 2.45) is 5.92 Å². The van der Waals surface area contributed by atoms with Gasteiger partial charge in [0.15, 0.2) is 5.78 Å². The maximum atomic E-state index is 12.6. The van der Waals surface area contributed by atoms with Crippen molar-refractivity contribution in [2.75, 3.05) is 0 Å². The molecule has 2 rings (SSSR count). The zero-order valence-corrected chi connectivity index (χ0v) is 14.1. The van der Waals surface area contributed by atoms with Gasteiger partial charge in [-0.15, -0.1) is 0 Å². The van der Waals surface area contributed by atoms with Crippen LogP contribution in [0.4, 0.5) is 4.79 Å². The third-order valence-corrected chi connectivity index (χ3v) is 4.55. The Bertz CT molecular complexity index is 466. The van der Waals surface area contributed by atoms with E-state index in [2.05, 4.69) is 0 Å². The van der Waals surface area contributed by atoms with Gasteiger partial charge in [0, 0.05) is 24.4 Å². The first-order valence-electron chi connectivity index (χ1n) is 8.29. The molecule has 0 aromatic rings. The van der Waals surface area contributed by atoms with Crippen LogP contribution in [0.2, 0.25) is 0 Å². The van der Waals surface area contributed by atoms with Crippen LogP contribution in [-0.4, -0.2) is 40.2 Å². The average Bonchev–Trinajstić information content (AvgIpc) is 2.39. The topological polar surface area (TPSA) is 63.7 Å². The molecule has 5 heteroatoms. The number of piperidine rings is 1. The molecule has 1 aliphatic carbocycles. The molecule has 0 N–H and O–H groups in total. The number of rotatable bonds is 1. The molecular weight excluding hydrogens is 282 g/mol. The minimum absolute atomic E-state index is 0.0402. The van der Waals surface area contributed by atoms with Gasteiger partial charge in [0.2, 0.25) is 5.78 Å². The summed E-state index contributed by atoms with van der Waals surface area (Å²) in [5.74, 6) is -0.922. The Hall–Kier alpha value is -1.39. The third kappa shape index (κ3) is 3.68. The molecule has 0 spiro atoms. The summed E-state index contributed by atoms with van der Waals surface area (Å²) in [6, 6.07) is -0.159. The smallest absolute Gasteiger partial charge is 0.410 e. The molecule has 1 amide bonds. The van der Waals surface area contributed by atoms with Crippen molar-refractivity contribution in [2.45, 2.75) is 83.9 Å². The van der Waals surface area contributed by atoms with Gasteiger partial charge in [-0.2, -0.15) is 0 Å². The number of amides is 1. The molecule has 2 aliphatic rings. The lowest BCUT2D eigenvalue weighted by Gasteiger charge is -2.44. The van der Waals surface area contributed by atoms with Crippen molar-refractivity contribution in [3.63, 3.8) is 0 Å². The normalized spacial score (nSPS) is 30.4. The van der Waals surface area contributed by atoms with Crippen molar-refractivity contribution < 1.29 is 19.1 Å². The fourth-order valence-electron chi connectivity index (χ4n) is 3.56. The van der Waals surface area contributed by atoms with Gasteiger partial charge in [-0.3, -0.25) is 9.59 Å². The largest absolute Gasteiger partial charge is 0.444 e. The summed E-state index contributed by atoms with van der Waals surface area (Å²) in [4.78, 5) is 38.3. The molecule has 1 heterocycles. The highest BCUT2D eigenvalue weighted by molar-refractivity contribution is 6.38. The fourth-order valence-corrected chi connectivity index (χ4v) is 3.56. The van der Waals surface area contributed by atoms with E-state index >= 15 is 0 Å². The zero-order valence-electron chi connectivity index (χ0n) is 14.1. The predicted molar refractivity (Wildman–Crippen MR) is 82.5 cm³/mol. The third-order valence-electron chi connectivity index (χ3n) is 4.55. The Morgan fingerprint density at radius 3 is 2.45 bits per heavy atom. The van der Waals surface area contributed by atoms with Crippen LogP contribution < -0.4 is 0 Å². The molecule has 0 radical (unpaired) electrons. The molecule has 124 valence electrons. The minimum atomic E-state index is -0.564. The van der Waals surface area contributed by atoms with Crippen LogP contribution >= 0.6 is 0 Å². The first kappa shape index (κ1) is 17.0. The molecule has 0 aromatic heterocycles. The number of carbonyl (C=O) groups is 3. The summed E-state index contributed by atoms with van der Waals surface area (Å²) in [5.41, 5.74) is -0.564. The highest BCUT2D eigenvalue weighted by Crippen LogP contribution is 2.34. The van der Waals surface area contributed by atoms with Gasteiger partial charge in [-0.05, 0) is 59.8 Å². The van der Waals surface area contributed by atoms with Crippen LogP contribution in [0, 0.1) is 5.92 Å². The average molecular weight is 309 g/mol. The lowest BCUT2D eigenvalue weighted by atomic mass is 9.77. The van der Waals surface area contributed by atoms with E-state index in [0.29, 0.717) is 12.8 Å². The van der Waals surface area contributed by atoms with Crippen LogP contribution in [0.3, 0.4) is 0 Å². The van der Waals surface area contributed by atoms with Gasteiger partial charge < -0.3 is 9.64 Å². The second-order valence-electron chi connectivity index (χ2n) is 7.52. The number of hydrogen-bond acceptors (Lipinski definition) is 4. The Labute approximate surface area is 132 Å². The Morgan fingerprint density at radius 2 is 1.82 bits per heavy atom. The minimum Gasteiger partial charge on any atom is -0.444 e. The molecule has 2 fully saturated rings. The number of ketones is 2. The molecule has 22 heavy (non-hydrogen) atoms. The quantitative estimate of drug-likeness (QED) is 0.698. The summed E-state index contributed by atoms with van der Waals surface area (Å²) in [7, 11) is 0. The van der Waals surface area contributed by atoms with Crippen LogP contribution in [0.1, 0.15) is 66.2 Å². The Balaban J connectivity index is 2.21. The summed E-state index contributed by atoms with van der Waals surface area (Å²) < 4.78 is 5.52. The number of carbonyl (C=O) groups excluding carboxylic acids is 3. The van der Waals surface area contributed by atoms with E-state index in [9.17, 15) is 14.4 Å². The molecule has 3 atom stereocenters. The highest BCUT2D eigenvalue weighted by atomic mass is 16.6. The molecule has 0 aromatic carbocycles. The SMILES string of the molecule is CC1CCCC(C2CCCC(=O)C2=O)N1C(=O)OC(C)(C)C. The van der Waals surface area contributed by atoms with Gasteiger partial charge in [0.25, 0.3) is 0 Å². The maximum Gasteiger partial charge on any atom is 0.410 e. The van der Waals surface area contributed by atoms with Crippen molar-refractivity contribution >= 4 is 17.7 Å². The standard InChI is InChI=1S/C17H27NO4/c1-11-7-5-9-13(12-8-6-10-14(19)15(12)20)18(11)16(21)22-17(2,3)4/h11-13H,5-10H2,1-4H3. The van der Waals surface area contributed by atoms with Crippen molar-refractivity contribution in [1.29, 1.82) is 0 Å². The van der Waals surface area contributed by atoms with Crippen molar-refractivity contribution in [3.05, 3.63) is 0 Å². The van der Waals surface area contributed by atoms with E-state index in [1.165, 1.54) is 0 Å². The van der Waals surface area contributed by atoms with Crippen LogP contribution in [0.5, 0.6) is 0 Å². The lowest BCUT2D eigenvalue weighted by molar-refractivity contribution is -0.143. The molecule has 1 saturated carbocycles. The Morgan fingerprint density at radius 1 is 1.14 bits per heavy atom. The molecule has 5 nitrogen and oxygen atoms in total. The summed E-state index contributed by atoms with van der Waals surface area (Å²) >= 11 is 0. The van der Waals surface area contributed by atoms with Crippen LogP contribution in [0.15, 0.2) is 0 Å². The maximum absolute atomic E-state index is 12.6. The van der Waals surface area contributed by atoms with Gasteiger partial charge in [-0.25, -0.2) is 4.79 Å². The molecular formula is C17H27NO4. The molecule has 0 bridgehead atoms.